The van der Waals surface area contributed by atoms with Crippen LogP contribution in [-0.4, -0.2) is 25.0 Å². The third-order valence-corrected chi connectivity index (χ3v) is 1.73. The molecule has 0 aliphatic carbocycles. The lowest BCUT2D eigenvalue weighted by Crippen LogP contribution is -2.22. The van der Waals surface area contributed by atoms with Gasteiger partial charge in [-0.3, -0.25) is 4.79 Å². The van der Waals surface area contributed by atoms with Crippen LogP contribution in [0.2, 0.25) is 0 Å². The van der Waals surface area contributed by atoms with Crippen LogP contribution in [0.1, 0.15) is 10.4 Å². The monoisotopic (exact) mass is 254 g/mol. The molecule has 0 heterocycles. The lowest BCUT2D eigenvalue weighted by atomic mass is 10.1. The van der Waals surface area contributed by atoms with Crippen LogP contribution in [0.25, 0.3) is 0 Å². The summed E-state index contributed by atoms with van der Waals surface area (Å²) < 4.78 is 64.3. The van der Waals surface area contributed by atoms with Gasteiger partial charge in [-0.05, 0) is 12.1 Å². The molecule has 0 atom stereocenters. The minimum absolute atomic E-state index is 0.208. The van der Waals surface area contributed by atoms with E-state index in [2.05, 4.69) is 4.74 Å². The Morgan fingerprint density at radius 3 is 2.47 bits per heavy atom. The maximum Gasteiger partial charge on any atom is 0.454 e. The van der Waals surface area contributed by atoms with Gasteiger partial charge in [0.05, 0.1) is 0 Å². The van der Waals surface area contributed by atoms with Crippen molar-refractivity contribution in [1.29, 1.82) is 0 Å². The van der Waals surface area contributed by atoms with Crippen LogP contribution in [0, 0.1) is 0 Å². The van der Waals surface area contributed by atoms with E-state index >= 15 is 0 Å². The van der Waals surface area contributed by atoms with E-state index in [4.69, 9.17) is 0 Å². The second-order valence-corrected chi connectivity index (χ2v) is 3.06. The van der Waals surface area contributed by atoms with Gasteiger partial charge < -0.3 is 4.74 Å². The number of rotatable bonds is 4. The molecular weight excluding hydrogens is 247 g/mol. The number of benzene rings is 1. The van der Waals surface area contributed by atoms with Crippen molar-refractivity contribution in [3.05, 3.63) is 29.8 Å². The Morgan fingerprint density at radius 1 is 1.29 bits per heavy atom. The number of alkyl halides is 5. The summed E-state index contributed by atoms with van der Waals surface area (Å²) in [6.07, 6.45) is -7.74. The molecule has 0 aliphatic heterocycles. The summed E-state index contributed by atoms with van der Waals surface area (Å²) in [7, 11) is 0. The number of Topliss-reactive ketones (excluding diaryl/α,β-unsaturated/α-hetero) is 1. The van der Waals surface area contributed by atoms with Crippen LogP contribution in [0.15, 0.2) is 24.3 Å². The molecule has 0 saturated heterocycles. The van der Waals surface area contributed by atoms with Crippen molar-refractivity contribution in [3.63, 3.8) is 0 Å². The fourth-order valence-corrected chi connectivity index (χ4v) is 1.05. The number of ether oxygens (including phenoxy) is 1. The van der Waals surface area contributed by atoms with Crippen molar-refractivity contribution in [2.75, 3.05) is 6.61 Å². The SMILES string of the molecule is O=C(c1cccc(OCC(F)F)c1)C(F)(F)F. The van der Waals surface area contributed by atoms with Gasteiger partial charge in [0.15, 0.2) is 0 Å². The van der Waals surface area contributed by atoms with Crippen molar-refractivity contribution in [2.45, 2.75) is 12.6 Å². The molecule has 0 bridgehead atoms. The van der Waals surface area contributed by atoms with Gasteiger partial charge in [-0.25, -0.2) is 8.78 Å². The Balaban J connectivity index is 2.83. The molecule has 0 unspecified atom stereocenters. The van der Waals surface area contributed by atoms with Crippen LogP contribution in [0.3, 0.4) is 0 Å². The van der Waals surface area contributed by atoms with Gasteiger partial charge in [0.2, 0.25) is 0 Å². The lowest BCUT2D eigenvalue weighted by molar-refractivity contribution is -0.0885. The summed E-state index contributed by atoms with van der Waals surface area (Å²) >= 11 is 0. The summed E-state index contributed by atoms with van der Waals surface area (Å²) in [5, 5.41) is 0. The summed E-state index contributed by atoms with van der Waals surface area (Å²) in [5.74, 6) is -2.25. The van der Waals surface area contributed by atoms with Crippen LogP contribution in [0.4, 0.5) is 22.0 Å². The highest BCUT2D eigenvalue weighted by molar-refractivity contribution is 6.00. The molecule has 0 amide bonds. The lowest BCUT2D eigenvalue weighted by Gasteiger charge is -2.08. The predicted molar refractivity (Wildman–Crippen MR) is 48.3 cm³/mol. The Morgan fingerprint density at radius 2 is 1.94 bits per heavy atom. The van der Waals surface area contributed by atoms with Gasteiger partial charge >= 0.3 is 6.18 Å². The minimum Gasteiger partial charge on any atom is -0.488 e. The van der Waals surface area contributed by atoms with Crippen molar-refractivity contribution < 1.29 is 31.5 Å². The molecule has 0 aliphatic rings. The Labute approximate surface area is 93.0 Å². The molecule has 0 radical (unpaired) electrons. The molecule has 2 nitrogen and oxygen atoms in total. The van der Waals surface area contributed by atoms with Crippen molar-refractivity contribution in [2.24, 2.45) is 0 Å². The first-order valence-electron chi connectivity index (χ1n) is 4.43. The molecule has 1 rings (SSSR count). The number of carbonyl (C=O) groups is 1. The molecule has 1 aromatic carbocycles. The minimum atomic E-state index is -5.00. The number of halogens is 5. The molecule has 7 heteroatoms. The van der Waals surface area contributed by atoms with Crippen LogP contribution in [-0.2, 0) is 0 Å². The van der Waals surface area contributed by atoms with Crippen molar-refractivity contribution in [1.82, 2.24) is 0 Å². The number of carbonyl (C=O) groups excluding carboxylic acids is 1. The molecule has 0 spiro atoms. The molecular formula is C10H7F5O2. The third kappa shape index (κ3) is 4.01. The first-order valence-corrected chi connectivity index (χ1v) is 4.43. The first-order chi connectivity index (χ1) is 7.80. The van der Waals surface area contributed by atoms with Gasteiger partial charge in [0.25, 0.3) is 12.2 Å². The molecule has 0 N–H and O–H groups in total. The largest absolute Gasteiger partial charge is 0.488 e. The van der Waals surface area contributed by atoms with E-state index in [1.807, 2.05) is 0 Å². The van der Waals surface area contributed by atoms with Gasteiger partial charge in [-0.15, -0.1) is 0 Å². The fraction of sp³-hybridized carbons (Fsp3) is 0.300. The highest BCUT2D eigenvalue weighted by Gasteiger charge is 2.39. The van der Waals surface area contributed by atoms with Gasteiger partial charge in [-0.1, -0.05) is 12.1 Å². The highest BCUT2D eigenvalue weighted by atomic mass is 19.4. The quantitative estimate of drug-likeness (QED) is 0.609. The van der Waals surface area contributed by atoms with Crippen LogP contribution in [0.5, 0.6) is 5.75 Å². The summed E-state index contributed by atoms with van der Waals surface area (Å²) in [4.78, 5) is 10.8. The Bertz CT molecular complexity index is 400. The van der Waals surface area contributed by atoms with E-state index in [-0.39, 0.29) is 5.75 Å². The van der Waals surface area contributed by atoms with Gasteiger partial charge in [0.1, 0.15) is 12.4 Å². The van der Waals surface area contributed by atoms with Crippen LogP contribution >= 0.6 is 0 Å². The summed E-state index contributed by atoms with van der Waals surface area (Å²) in [6.45, 7) is -0.941. The number of ketones is 1. The van der Waals surface area contributed by atoms with Crippen molar-refractivity contribution >= 4 is 5.78 Å². The van der Waals surface area contributed by atoms with Gasteiger partial charge in [-0.2, -0.15) is 13.2 Å². The normalized spacial score (nSPS) is 11.6. The molecule has 0 aromatic heterocycles. The fourth-order valence-electron chi connectivity index (χ4n) is 1.05. The predicted octanol–water partition coefficient (Wildman–Crippen LogP) is 3.08. The summed E-state index contributed by atoms with van der Waals surface area (Å²) in [6, 6.07) is 4.03. The van der Waals surface area contributed by atoms with E-state index in [0.717, 1.165) is 18.2 Å². The smallest absolute Gasteiger partial charge is 0.454 e. The van der Waals surface area contributed by atoms with Crippen LogP contribution < -0.4 is 4.74 Å². The van der Waals surface area contributed by atoms with E-state index < -0.39 is 30.6 Å². The average Bonchev–Trinajstić information content (AvgIpc) is 2.24. The third-order valence-electron chi connectivity index (χ3n) is 1.73. The molecule has 0 fully saturated rings. The zero-order valence-corrected chi connectivity index (χ0v) is 8.30. The average molecular weight is 254 g/mol. The molecule has 17 heavy (non-hydrogen) atoms. The van der Waals surface area contributed by atoms with E-state index in [9.17, 15) is 26.7 Å². The summed E-state index contributed by atoms with van der Waals surface area (Å²) in [5.41, 5.74) is -0.649. The van der Waals surface area contributed by atoms with Gasteiger partial charge in [0, 0.05) is 5.56 Å². The second kappa shape index (κ2) is 5.11. The zero-order chi connectivity index (χ0) is 13.1. The maximum absolute atomic E-state index is 12.1. The van der Waals surface area contributed by atoms with Crippen molar-refractivity contribution in [3.8, 4) is 5.75 Å². The van der Waals surface area contributed by atoms with E-state index in [1.165, 1.54) is 6.07 Å². The Kier molecular flexibility index (Phi) is 4.03. The first kappa shape index (κ1) is 13.4. The maximum atomic E-state index is 12.1. The zero-order valence-electron chi connectivity index (χ0n) is 8.30. The molecule has 94 valence electrons. The highest BCUT2D eigenvalue weighted by Crippen LogP contribution is 2.23. The standard InChI is InChI=1S/C10H7F5O2/c11-8(12)5-17-7-3-1-2-6(4-7)9(16)10(13,14)15/h1-4,8H,5H2. The van der Waals surface area contributed by atoms with E-state index in [0.29, 0.717) is 0 Å². The number of hydrogen-bond acceptors (Lipinski definition) is 2. The topological polar surface area (TPSA) is 26.3 Å². The number of hydrogen-bond donors (Lipinski definition) is 0. The molecule has 1 aromatic rings. The second-order valence-electron chi connectivity index (χ2n) is 3.06. The molecule has 0 saturated carbocycles. The van der Waals surface area contributed by atoms with E-state index in [1.54, 1.807) is 0 Å². The Hall–Kier alpha value is -1.66.